The van der Waals surface area contributed by atoms with Gasteiger partial charge in [-0.3, -0.25) is 0 Å². The van der Waals surface area contributed by atoms with Gasteiger partial charge in [-0.1, -0.05) is 0 Å². The summed E-state index contributed by atoms with van der Waals surface area (Å²) in [5, 5.41) is 0. The van der Waals surface area contributed by atoms with Crippen LogP contribution in [0.2, 0.25) is 0 Å². The summed E-state index contributed by atoms with van der Waals surface area (Å²) in [6.07, 6.45) is 0.885. The third-order valence-electron chi connectivity index (χ3n) is 3.45. The molecule has 4 nitrogen and oxygen atoms in total. The van der Waals surface area contributed by atoms with Gasteiger partial charge < -0.3 is 14.0 Å². The Hall–Kier alpha value is -1.14. The van der Waals surface area contributed by atoms with Gasteiger partial charge in [-0.15, -0.1) is 0 Å². The van der Waals surface area contributed by atoms with Crippen molar-refractivity contribution in [3.05, 3.63) is 18.1 Å². The number of pyridine rings is 1. The van der Waals surface area contributed by atoms with Gasteiger partial charge in [-0.2, -0.15) is 0 Å². The van der Waals surface area contributed by atoms with E-state index >= 15 is 0 Å². The molecule has 0 aromatic carbocycles. The van der Waals surface area contributed by atoms with Crippen LogP contribution in [0.3, 0.4) is 0 Å². The van der Waals surface area contributed by atoms with Gasteiger partial charge in [0.05, 0.1) is 28.5 Å². The van der Waals surface area contributed by atoms with Crippen molar-refractivity contribution in [2.75, 3.05) is 7.04 Å². The van der Waals surface area contributed by atoms with E-state index < -0.39 is 31.2 Å². The van der Waals surface area contributed by atoms with Gasteiger partial charge >= 0.3 is 7.12 Å². The van der Waals surface area contributed by atoms with E-state index in [9.17, 15) is 4.39 Å². The van der Waals surface area contributed by atoms with Crippen molar-refractivity contribution in [3.8, 4) is 5.88 Å². The third-order valence-corrected chi connectivity index (χ3v) is 3.45. The Kier molecular flexibility index (Phi) is 2.28. The summed E-state index contributed by atoms with van der Waals surface area (Å²) < 4.78 is 51.2. The van der Waals surface area contributed by atoms with E-state index in [1.54, 1.807) is 0 Å². The number of aromatic nitrogens is 1. The van der Waals surface area contributed by atoms with Crippen LogP contribution >= 0.6 is 0 Å². The van der Waals surface area contributed by atoms with Crippen molar-refractivity contribution in [3.63, 3.8) is 0 Å². The molecule has 0 bridgehead atoms. The van der Waals surface area contributed by atoms with Crippen LogP contribution < -0.4 is 10.2 Å². The zero-order chi connectivity index (χ0) is 16.1. The first-order valence-corrected chi connectivity index (χ1v) is 5.61. The summed E-state index contributed by atoms with van der Waals surface area (Å²) in [6, 6.07) is 1.11. The third kappa shape index (κ3) is 2.10. The summed E-state index contributed by atoms with van der Waals surface area (Å²) in [4.78, 5) is 3.69. The second kappa shape index (κ2) is 4.21. The van der Waals surface area contributed by atoms with Crippen molar-refractivity contribution in [2.45, 2.75) is 38.9 Å². The van der Waals surface area contributed by atoms with Gasteiger partial charge in [0.15, 0.2) is 0 Å². The molecule has 0 amide bonds. The van der Waals surface area contributed by atoms with Crippen LogP contribution in [0.4, 0.5) is 4.39 Å². The average Bonchev–Trinajstić information content (AvgIpc) is 2.49. The van der Waals surface area contributed by atoms with Crippen LogP contribution in [-0.4, -0.2) is 30.3 Å². The summed E-state index contributed by atoms with van der Waals surface area (Å²) >= 11 is 0. The molecule has 1 aliphatic heterocycles. The Labute approximate surface area is 111 Å². The van der Waals surface area contributed by atoms with Crippen LogP contribution in [-0.2, 0) is 9.31 Å². The number of hydrogen-bond donors (Lipinski definition) is 0. The Bertz CT molecular complexity index is 535. The zero-order valence-corrected chi connectivity index (χ0v) is 10.8. The minimum atomic E-state index is -2.69. The van der Waals surface area contributed by atoms with E-state index in [1.807, 2.05) is 27.7 Å². The fourth-order valence-corrected chi connectivity index (χ4v) is 1.67. The molecule has 1 aliphatic rings. The molecule has 0 saturated carbocycles. The normalized spacial score (nSPS) is 24.3. The highest BCUT2D eigenvalue weighted by Crippen LogP contribution is 2.36. The molecule has 1 aromatic heterocycles. The van der Waals surface area contributed by atoms with E-state index in [0.717, 1.165) is 12.3 Å². The van der Waals surface area contributed by atoms with Gasteiger partial charge in [-0.25, -0.2) is 9.37 Å². The van der Waals surface area contributed by atoms with E-state index in [0.29, 0.717) is 0 Å². The second-order valence-corrected chi connectivity index (χ2v) is 5.24. The van der Waals surface area contributed by atoms with Crippen LogP contribution in [0.25, 0.3) is 0 Å². The SMILES string of the molecule is [2H]C([2H])([2H])Oc1ncc(F)cc1B1OC(C)(C)C(C)(C)O1. The summed E-state index contributed by atoms with van der Waals surface area (Å²) in [5.41, 5.74) is -1.16. The molecule has 2 rings (SSSR count). The minimum Gasteiger partial charge on any atom is -0.481 e. The Morgan fingerprint density at radius 3 is 2.50 bits per heavy atom. The van der Waals surface area contributed by atoms with Crippen molar-refractivity contribution >= 4 is 12.6 Å². The molecule has 0 radical (unpaired) electrons. The largest absolute Gasteiger partial charge is 0.500 e. The molecular weight excluding hydrogens is 236 g/mol. The highest BCUT2D eigenvalue weighted by molar-refractivity contribution is 6.63. The Morgan fingerprint density at radius 1 is 1.33 bits per heavy atom. The lowest BCUT2D eigenvalue weighted by Crippen LogP contribution is -2.41. The molecule has 0 unspecified atom stereocenters. The molecule has 2 heterocycles. The monoisotopic (exact) mass is 256 g/mol. The lowest BCUT2D eigenvalue weighted by molar-refractivity contribution is 0.00578. The van der Waals surface area contributed by atoms with Crippen LogP contribution in [0.15, 0.2) is 12.3 Å². The van der Waals surface area contributed by atoms with Gasteiger partial charge in [0.2, 0.25) is 5.88 Å². The standard InChI is InChI=1S/C12H17BFNO3/c1-11(2)12(3,4)18-13(17-11)9-6-8(14)7-15-10(9)16-5/h6-7H,1-5H3/i5D3. The van der Waals surface area contributed by atoms with E-state index in [-0.39, 0.29) is 11.3 Å². The van der Waals surface area contributed by atoms with Gasteiger partial charge in [-0.05, 0) is 33.8 Å². The lowest BCUT2D eigenvalue weighted by atomic mass is 9.79. The van der Waals surface area contributed by atoms with Crippen molar-refractivity contribution in [1.82, 2.24) is 4.98 Å². The van der Waals surface area contributed by atoms with Crippen molar-refractivity contribution in [1.29, 1.82) is 0 Å². The number of ether oxygens (including phenoxy) is 1. The van der Waals surface area contributed by atoms with E-state index in [2.05, 4.69) is 4.98 Å². The van der Waals surface area contributed by atoms with Crippen molar-refractivity contribution in [2.24, 2.45) is 0 Å². The van der Waals surface area contributed by atoms with E-state index in [4.69, 9.17) is 18.2 Å². The highest BCUT2D eigenvalue weighted by atomic mass is 19.1. The second-order valence-electron chi connectivity index (χ2n) is 5.24. The van der Waals surface area contributed by atoms with E-state index in [1.165, 1.54) is 0 Å². The highest BCUT2D eigenvalue weighted by Gasteiger charge is 2.52. The maximum absolute atomic E-state index is 13.4. The van der Waals surface area contributed by atoms with Gasteiger partial charge in [0.1, 0.15) is 5.82 Å². The van der Waals surface area contributed by atoms with Crippen LogP contribution in [0.1, 0.15) is 31.8 Å². The predicted molar refractivity (Wildman–Crippen MR) is 66.5 cm³/mol. The molecule has 0 aliphatic carbocycles. The fraction of sp³-hybridized carbons (Fsp3) is 0.583. The fourth-order valence-electron chi connectivity index (χ4n) is 1.67. The molecule has 98 valence electrons. The molecule has 0 spiro atoms. The summed E-state index contributed by atoms with van der Waals surface area (Å²) in [6.45, 7) is 7.35. The molecule has 6 heteroatoms. The maximum Gasteiger partial charge on any atom is 0.500 e. The number of nitrogens with zero attached hydrogens (tertiary/aromatic N) is 1. The number of hydrogen-bond acceptors (Lipinski definition) is 4. The number of rotatable bonds is 2. The quantitative estimate of drug-likeness (QED) is 0.752. The molecule has 0 N–H and O–H groups in total. The molecular formula is C12H17BFNO3. The first-order valence-electron chi connectivity index (χ1n) is 7.11. The Morgan fingerprint density at radius 2 is 1.94 bits per heavy atom. The molecule has 1 saturated heterocycles. The van der Waals surface area contributed by atoms with Crippen LogP contribution in [0, 0.1) is 5.82 Å². The first kappa shape index (κ1) is 9.75. The zero-order valence-electron chi connectivity index (χ0n) is 13.8. The maximum atomic E-state index is 13.4. The first-order chi connectivity index (χ1) is 9.41. The Balaban J connectivity index is 2.38. The molecule has 1 aromatic rings. The lowest BCUT2D eigenvalue weighted by Gasteiger charge is -2.32. The summed E-state index contributed by atoms with van der Waals surface area (Å²) in [5.74, 6) is -0.854. The van der Waals surface area contributed by atoms with Crippen molar-refractivity contribution < 1.29 is 22.5 Å². The topological polar surface area (TPSA) is 40.6 Å². The van der Waals surface area contributed by atoms with Gasteiger partial charge in [0, 0.05) is 5.46 Å². The molecule has 1 fully saturated rings. The average molecular weight is 256 g/mol. The minimum absolute atomic E-state index is 0.116. The smallest absolute Gasteiger partial charge is 0.481 e. The summed E-state index contributed by atoms with van der Waals surface area (Å²) in [7, 11) is -3.64. The molecule has 18 heavy (non-hydrogen) atoms. The number of methoxy groups -OCH3 is 1. The van der Waals surface area contributed by atoms with Crippen LogP contribution in [0.5, 0.6) is 5.88 Å². The van der Waals surface area contributed by atoms with Gasteiger partial charge in [0.25, 0.3) is 0 Å². The predicted octanol–water partition coefficient (Wildman–Crippen LogP) is 1.53. The molecule has 0 atom stereocenters. The number of halogens is 1.